The van der Waals surface area contributed by atoms with Crippen LogP contribution >= 0.6 is 11.3 Å². The molecule has 6 nitrogen and oxygen atoms in total. The number of thiophene rings is 1. The molecule has 0 saturated heterocycles. The fourth-order valence-corrected chi connectivity index (χ4v) is 3.21. The van der Waals surface area contributed by atoms with E-state index >= 15 is 0 Å². The Morgan fingerprint density at radius 2 is 2.07 bits per heavy atom. The van der Waals surface area contributed by atoms with Crippen LogP contribution in [0.1, 0.15) is 16.3 Å². The summed E-state index contributed by atoms with van der Waals surface area (Å²) in [5.41, 5.74) is 1.23. The minimum atomic E-state index is -0.423. The molecule has 0 aliphatic heterocycles. The molecule has 0 fully saturated rings. The molecule has 0 bridgehead atoms. The van der Waals surface area contributed by atoms with Crippen molar-refractivity contribution in [1.82, 2.24) is 25.1 Å². The summed E-state index contributed by atoms with van der Waals surface area (Å²) in [5.74, 6) is -0.313. The molecule has 3 aromatic heterocycles. The van der Waals surface area contributed by atoms with E-state index in [1.54, 1.807) is 24.4 Å². The third kappa shape index (κ3) is 3.75. The summed E-state index contributed by atoms with van der Waals surface area (Å²) in [6, 6.07) is 15.2. The van der Waals surface area contributed by atoms with Crippen molar-refractivity contribution in [2.75, 3.05) is 0 Å². The van der Waals surface area contributed by atoms with Gasteiger partial charge in [-0.05, 0) is 41.8 Å². The molecule has 134 valence electrons. The molecular weight excluding hydrogens is 365 g/mol. The van der Waals surface area contributed by atoms with Gasteiger partial charge in [0, 0.05) is 6.20 Å². The number of carbonyl (C=O) groups is 1. The molecule has 1 aromatic carbocycles. The highest BCUT2D eigenvalue weighted by atomic mass is 32.1. The van der Waals surface area contributed by atoms with Crippen molar-refractivity contribution in [2.45, 2.75) is 6.54 Å². The molecule has 1 amide bonds. The average Bonchev–Trinajstić information content (AvgIpc) is 3.36. The fraction of sp³-hybridized carbons (Fsp3) is 0.0526. The second kappa shape index (κ2) is 7.46. The number of hydrogen-bond donors (Lipinski definition) is 1. The Balaban J connectivity index is 1.66. The Kier molecular flexibility index (Phi) is 4.71. The molecule has 8 heteroatoms. The Morgan fingerprint density at radius 3 is 2.81 bits per heavy atom. The highest BCUT2D eigenvalue weighted by Gasteiger charge is 2.19. The number of amides is 1. The summed E-state index contributed by atoms with van der Waals surface area (Å²) in [6.07, 6.45) is 1.66. The third-order valence-corrected chi connectivity index (χ3v) is 4.63. The van der Waals surface area contributed by atoms with E-state index in [-0.39, 0.29) is 18.2 Å². The predicted molar refractivity (Wildman–Crippen MR) is 100 cm³/mol. The molecule has 0 saturated carbocycles. The first-order valence-electron chi connectivity index (χ1n) is 8.16. The molecule has 0 atom stereocenters. The molecule has 1 N–H and O–H groups in total. The number of rotatable bonds is 5. The maximum Gasteiger partial charge on any atom is 0.291 e. The molecule has 4 aromatic rings. The lowest BCUT2D eigenvalue weighted by atomic mass is 10.3. The van der Waals surface area contributed by atoms with Gasteiger partial charge in [0.25, 0.3) is 5.91 Å². The van der Waals surface area contributed by atoms with Gasteiger partial charge in [0.1, 0.15) is 5.82 Å². The summed E-state index contributed by atoms with van der Waals surface area (Å²) < 4.78 is 15.1. The van der Waals surface area contributed by atoms with Crippen LogP contribution in [0.4, 0.5) is 4.39 Å². The fourth-order valence-electron chi connectivity index (χ4n) is 2.51. The van der Waals surface area contributed by atoms with Crippen molar-refractivity contribution in [2.24, 2.45) is 0 Å². The largest absolute Gasteiger partial charge is 0.344 e. The topological polar surface area (TPSA) is 72.7 Å². The maximum absolute atomic E-state index is 13.7. The average molecular weight is 379 g/mol. The van der Waals surface area contributed by atoms with Gasteiger partial charge in [-0.25, -0.2) is 14.1 Å². The lowest BCUT2D eigenvalue weighted by molar-refractivity contribution is 0.0940. The van der Waals surface area contributed by atoms with Crippen molar-refractivity contribution in [3.63, 3.8) is 0 Å². The standard InChI is InChI=1S/C19H14FN5OS/c20-13-5-3-7-15(11-13)25-18(16-8-4-10-27-16)23-17(24-25)19(26)22-12-14-6-1-2-9-21-14/h1-11H,12H2,(H,22,26). The Morgan fingerprint density at radius 1 is 1.15 bits per heavy atom. The molecular formula is C19H14FN5OS. The van der Waals surface area contributed by atoms with E-state index in [1.807, 2.05) is 29.6 Å². The number of nitrogens with zero attached hydrogens (tertiary/aromatic N) is 4. The van der Waals surface area contributed by atoms with Crippen molar-refractivity contribution >= 4 is 17.2 Å². The van der Waals surface area contributed by atoms with Crippen LogP contribution in [0.3, 0.4) is 0 Å². The summed E-state index contributed by atoms with van der Waals surface area (Å²) in [7, 11) is 0. The van der Waals surface area contributed by atoms with Gasteiger partial charge in [0.15, 0.2) is 5.82 Å². The van der Waals surface area contributed by atoms with Crippen LogP contribution in [0.15, 0.2) is 66.2 Å². The molecule has 3 heterocycles. The SMILES string of the molecule is O=C(NCc1ccccn1)c1nc(-c2cccs2)n(-c2cccc(F)c2)n1. The third-order valence-electron chi connectivity index (χ3n) is 3.76. The second-order valence-corrected chi connectivity index (χ2v) is 6.58. The number of hydrogen-bond acceptors (Lipinski definition) is 5. The summed E-state index contributed by atoms with van der Waals surface area (Å²) >= 11 is 1.47. The molecule has 0 unspecified atom stereocenters. The zero-order valence-corrected chi connectivity index (χ0v) is 14.9. The van der Waals surface area contributed by atoms with Gasteiger partial charge < -0.3 is 5.32 Å². The van der Waals surface area contributed by atoms with Gasteiger partial charge in [0.05, 0.1) is 22.8 Å². The van der Waals surface area contributed by atoms with Crippen molar-refractivity contribution in [3.8, 4) is 16.4 Å². The Bertz CT molecular complexity index is 1060. The highest BCUT2D eigenvalue weighted by molar-refractivity contribution is 7.13. The molecule has 27 heavy (non-hydrogen) atoms. The predicted octanol–water partition coefficient (Wildman–Crippen LogP) is 3.46. The van der Waals surface area contributed by atoms with E-state index in [2.05, 4.69) is 20.4 Å². The van der Waals surface area contributed by atoms with E-state index in [4.69, 9.17) is 0 Å². The zero-order chi connectivity index (χ0) is 18.6. The normalized spacial score (nSPS) is 10.7. The Hall–Kier alpha value is -3.39. The van der Waals surface area contributed by atoms with Gasteiger partial charge in [-0.15, -0.1) is 16.4 Å². The highest BCUT2D eigenvalue weighted by Crippen LogP contribution is 2.25. The van der Waals surface area contributed by atoms with Crippen LogP contribution in [0.25, 0.3) is 16.4 Å². The van der Waals surface area contributed by atoms with Crippen LogP contribution < -0.4 is 5.32 Å². The number of nitrogens with one attached hydrogen (secondary N) is 1. The maximum atomic E-state index is 13.7. The quantitative estimate of drug-likeness (QED) is 0.576. The number of carbonyl (C=O) groups excluding carboxylic acids is 1. The number of benzene rings is 1. The second-order valence-electron chi connectivity index (χ2n) is 5.63. The summed E-state index contributed by atoms with van der Waals surface area (Å²) in [6.45, 7) is 0.266. The Labute approximate surface area is 158 Å². The van der Waals surface area contributed by atoms with E-state index < -0.39 is 5.91 Å². The van der Waals surface area contributed by atoms with E-state index in [0.29, 0.717) is 11.5 Å². The van der Waals surface area contributed by atoms with Crippen LogP contribution in [0.5, 0.6) is 0 Å². The number of halogens is 1. The van der Waals surface area contributed by atoms with Gasteiger partial charge in [-0.1, -0.05) is 18.2 Å². The summed E-state index contributed by atoms with van der Waals surface area (Å²) in [5, 5.41) is 8.96. The molecule has 4 rings (SSSR count). The zero-order valence-electron chi connectivity index (χ0n) is 14.0. The lowest BCUT2D eigenvalue weighted by Crippen LogP contribution is -2.24. The van der Waals surface area contributed by atoms with E-state index in [0.717, 1.165) is 10.6 Å². The van der Waals surface area contributed by atoms with Crippen LogP contribution in [-0.2, 0) is 6.54 Å². The van der Waals surface area contributed by atoms with Gasteiger partial charge in [-0.2, -0.15) is 0 Å². The molecule has 0 spiro atoms. The van der Waals surface area contributed by atoms with Crippen molar-refractivity contribution < 1.29 is 9.18 Å². The number of aromatic nitrogens is 4. The molecule has 0 radical (unpaired) electrons. The minimum Gasteiger partial charge on any atom is -0.344 e. The molecule has 0 aliphatic rings. The lowest BCUT2D eigenvalue weighted by Gasteiger charge is -2.04. The monoisotopic (exact) mass is 379 g/mol. The van der Waals surface area contributed by atoms with Gasteiger partial charge in [0.2, 0.25) is 5.82 Å². The minimum absolute atomic E-state index is 0.0126. The molecule has 0 aliphatic carbocycles. The summed E-state index contributed by atoms with van der Waals surface area (Å²) in [4.78, 5) is 21.9. The number of pyridine rings is 1. The van der Waals surface area contributed by atoms with E-state index in [9.17, 15) is 9.18 Å². The first kappa shape index (κ1) is 17.0. The van der Waals surface area contributed by atoms with Crippen LogP contribution in [0.2, 0.25) is 0 Å². The van der Waals surface area contributed by atoms with E-state index in [1.165, 1.54) is 28.2 Å². The van der Waals surface area contributed by atoms with Gasteiger partial charge >= 0.3 is 0 Å². The first-order valence-corrected chi connectivity index (χ1v) is 9.03. The van der Waals surface area contributed by atoms with Crippen molar-refractivity contribution in [3.05, 3.63) is 83.5 Å². The van der Waals surface area contributed by atoms with Crippen LogP contribution in [0, 0.1) is 5.82 Å². The first-order chi connectivity index (χ1) is 13.2. The smallest absolute Gasteiger partial charge is 0.291 e. The van der Waals surface area contributed by atoms with Gasteiger partial charge in [-0.3, -0.25) is 9.78 Å². The van der Waals surface area contributed by atoms with Crippen molar-refractivity contribution in [1.29, 1.82) is 0 Å². The van der Waals surface area contributed by atoms with Crippen LogP contribution in [-0.4, -0.2) is 25.7 Å².